The lowest BCUT2D eigenvalue weighted by Gasteiger charge is -2.31. The number of nitrogens with zero attached hydrogens (tertiary/aromatic N) is 1. The van der Waals surface area contributed by atoms with Gasteiger partial charge in [0.2, 0.25) is 5.91 Å². The van der Waals surface area contributed by atoms with E-state index in [1.165, 1.54) is 0 Å². The van der Waals surface area contributed by atoms with E-state index in [0.29, 0.717) is 12.5 Å². The van der Waals surface area contributed by atoms with E-state index in [1.54, 1.807) is 0 Å². The molecule has 100 valence electrons. The third kappa shape index (κ3) is 4.55. The zero-order valence-corrected chi connectivity index (χ0v) is 10.0. The molecule has 17 heavy (non-hydrogen) atoms. The molecule has 2 atom stereocenters. The maximum absolute atomic E-state index is 12.3. The van der Waals surface area contributed by atoms with Gasteiger partial charge in [-0.15, -0.1) is 0 Å². The third-order valence-corrected chi connectivity index (χ3v) is 2.96. The van der Waals surface area contributed by atoms with Crippen molar-refractivity contribution >= 4 is 5.91 Å². The smallest absolute Gasteiger partial charge is 0.255 e. The molecule has 0 saturated carbocycles. The number of aliphatic hydroxyl groups is 1. The predicted octanol–water partition coefficient (Wildman–Crippen LogP) is 0.318. The molecule has 0 bridgehead atoms. The highest BCUT2D eigenvalue weighted by molar-refractivity contribution is 5.79. The Labute approximate surface area is 100.0 Å². The van der Waals surface area contributed by atoms with Crippen LogP contribution < -0.4 is 5.32 Å². The van der Waals surface area contributed by atoms with Crippen LogP contribution in [0.15, 0.2) is 0 Å². The van der Waals surface area contributed by atoms with Crippen molar-refractivity contribution in [2.75, 3.05) is 32.8 Å². The quantitative estimate of drug-likeness (QED) is 0.739. The van der Waals surface area contributed by atoms with E-state index in [1.807, 2.05) is 6.92 Å². The SMILES string of the molecule is CC1CNCC(C(=O)N(CCO)CC(F)F)C1. The molecule has 1 saturated heterocycles. The van der Waals surface area contributed by atoms with Crippen LogP contribution in [0.3, 0.4) is 0 Å². The summed E-state index contributed by atoms with van der Waals surface area (Å²) in [5, 5.41) is 11.9. The molecular weight excluding hydrogens is 230 g/mol. The molecule has 2 unspecified atom stereocenters. The average Bonchev–Trinajstić information content (AvgIpc) is 2.27. The van der Waals surface area contributed by atoms with E-state index in [2.05, 4.69) is 5.32 Å². The fraction of sp³-hybridized carbons (Fsp3) is 0.909. The van der Waals surface area contributed by atoms with Crippen LogP contribution in [0.4, 0.5) is 8.78 Å². The van der Waals surface area contributed by atoms with Crippen LogP contribution >= 0.6 is 0 Å². The number of aliphatic hydroxyl groups excluding tert-OH is 1. The van der Waals surface area contributed by atoms with Crippen molar-refractivity contribution in [1.82, 2.24) is 10.2 Å². The summed E-state index contributed by atoms with van der Waals surface area (Å²) in [5.41, 5.74) is 0. The molecule has 0 aromatic heterocycles. The maximum Gasteiger partial charge on any atom is 0.255 e. The molecule has 0 spiro atoms. The molecule has 6 heteroatoms. The lowest BCUT2D eigenvalue weighted by molar-refractivity contribution is -0.139. The highest BCUT2D eigenvalue weighted by Gasteiger charge is 2.29. The molecule has 1 aliphatic heterocycles. The number of piperidine rings is 1. The molecule has 0 aromatic rings. The number of nitrogens with one attached hydrogen (secondary N) is 1. The van der Waals surface area contributed by atoms with Crippen LogP contribution in [-0.2, 0) is 4.79 Å². The zero-order chi connectivity index (χ0) is 12.8. The van der Waals surface area contributed by atoms with Gasteiger partial charge in [0.25, 0.3) is 6.43 Å². The fourth-order valence-corrected chi connectivity index (χ4v) is 2.18. The van der Waals surface area contributed by atoms with Gasteiger partial charge < -0.3 is 15.3 Å². The number of carbonyl (C=O) groups is 1. The Kier molecular flexibility index (Phi) is 5.77. The second kappa shape index (κ2) is 6.86. The highest BCUT2D eigenvalue weighted by Crippen LogP contribution is 2.18. The molecule has 1 heterocycles. The van der Waals surface area contributed by atoms with Crippen molar-refractivity contribution in [1.29, 1.82) is 0 Å². The Balaban J connectivity index is 2.56. The number of rotatable bonds is 5. The van der Waals surface area contributed by atoms with Crippen LogP contribution in [0.25, 0.3) is 0 Å². The monoisotopic (exact) mass is 250 g/mol. The number of carbonyl (C=O) groups excluding carboxylic acids is 1. The van der Waals surface area contributed by atoms with Crippen LogP contribution in [0, 0.1) is 11.8 Å². The molecule has 1 aliphatic rings. The molecule has 2 N–H and O–H groups in total. The average molecular weight is 250 g/mol. The van der Waals surface area contributed by atoms with Gasteiger partial charge in [0, 0.05) is 13.1 Å². The van der Waals surface area contributed by atoms with Gasteiger partial charge in [-0.1, -0.05) is 6.92 Å². The van der Waals surface area contributed by atoms with Gasteiger partial charge >= 0.3 is 0 Å². The molecule has 1 rings (SSSR count). The lowest BCUT2D eigenvalue weighted by Crippen LogP contribution is -2.47. The summed E-state index contributed by atoms with van der Waals surface area (Å²) >= 11 is 0. The number of hydrogen-bond acceptors (Lipinski definition) is 3. The van der Waals surface area contributed by atoms with E-state index in [0.717, 1.165) is 17.9 Å². The first-order valence-corrected chi connectivity index (χ1v) is 5.93. The van der Waals surface area contributed by atoms with Gasteiger partial charge in [0.15, 0.2) is 0 Å². The first-order chi connectivity index (χ1) is 8.04. The van der Waals surface area contributed by atoms with Gasteiger partial charge in [-0.3, -0.25) is 4.79 Å². The summed E-state index contributed by atoms with van der Waals surface area (Å²) in [6, 6.07) is 0. The van der Waals surface area contributed by atoms with Crippen LogP contribution in [0.2, 0.25) is 0 Å². The Morgan fingerprint density at radius 3 is 2.76 bits per heavy atom. The van der Waals surface area contributed by atoms with E-state index >= 15 is 0 Å². The van der Waals surface area contributed by atoms with E-state index in [-0.39, 0.29) is 25.0 Å². The topological polar surface area (TPSA) is 52.6 Å². The Hall–Kier alpha value is -0.750. The molecule has 1 amide bonds. The van der Waals surface area contributed by atoms with Crippen molar-refractivity contribution in [2.24, 2.45) is 11.8 Å². The predicted molar refractivity (Wildman–Crippen MR) is 59.8 cm³/mol. The lowest BCUT2D eigenvalue weighted by atomic mass is 9.91. The molecule has 4 nitrogen and oxygen atoms in total. The van der Waals surface area contributed by atoms with Gasteiger partial charge in [-0.25, -0.2) is 8.78 Å². The van der Waals surface area contributed by atoms with Crippen LogP contribution in [-0.4, -0.2) is 55.1 Å². The van der Waals surface area contributed by atoms with Crippen molar-refractivity contribution in [2.45, 2.75) is 19.8 Å². The minimum Gasteiger partial charge on any atom is -0.395 e. The van der Waals surface area contributed by atoms with Crippen LogP contribution in [0.1, 0.15) is 13.3 Å². The number of amides is 1. The summed E-state index contributed by atoms with van der Waals surface area (Å²) < 4.78 is 24.6. The van der Waals surface area contributed by atoms with E-state index in [9.17, 15) is 13.6 Å². The Morgan fingerprint density at radius 2 is 2.24 bits per heavy atom. The molecule has 0 radical (unpaired) electrons. The molecule has 0 aliphatic carbocycles. The number of halogens is 2. The third-order valence-electron chi connectivity index (χ3n) is 2.96. The second-order valence-electron chi connectivity index (χ2n) is 4.59. The van der Waals surface area contributed by atoms with E-state index in [4.69, 9.17) is 5.11 Å². The highest BCUT2D eigenvalue weighted by atomic mass is 19.3. The summed E-state index contributed by atoms with van der Waals surface area (Å²) in [6.45, 7) is 2.52. The number of hydrogen-bond donors (Lipinski definition) is 2. The summed E-state index contributed by atoms with van der Waals surface area (Å²) in [6.07, 6.45) is -1.84. The maximum atomic E-state index is 12.3. The largest absolute Gasteiger partial charge is 0.395 e. The first kappa shape index (κ1) is 14.3. The Morgan fingerprint density at radius 1 is 1.53 bits per heavy atom. The minimum atomic E-state index is -2.56. The summed E-state index contributed by atoms with van der Waals surface area (Å²) in [5.74, 6) is -0.150. The second-order valence-corrected chi connectivity index (χ2v) is 4.59. The molecular formula is C11H20F2N2O2. The van der Waals surface area contributed by atoms with Crippen LogP contribution in [0.5, 0.6) is 0 Å². The summed E-state index contributed by atoms with van der Waals surface area (Å²) in [4.78, 5) is 13.1. The van der Waals surface area contributed by atoms with Gasteiger partial charge in [0.1, 0.15) is 0 Å². The first-order valence-electron chi connectivity index (χ1n) is 5.93. The molecule has 1 fully saturated rings. The van der Waals surface area contributed by atoms with Crippen molar-refractivity contribution in [3.63, 3.8) is 0 Å². The fourth-order valence-electron chi connectivity index (χ4n) is 2.18. The standard InChI is InChI=1S/C11H20F2N2O2/c1-8-4-9(6-14-5-8)11(17)15(2-3-16)7-10(12)13/h8-10,14,16H,2-7H2,1H3. The summed E-state index contributed by atoms with van der Waals surface area (Å²) in [7, 11) is 0. The van der Waals surface area contributed by atoms with Gasteiger partial charge in [0.05, 0.1) is 19.1 Å². The van der Waals surface area contributed by atoms with Crippen molar-refractivity contribution in [3.05, 3.63) is 0 Å². The minimum absolute atomic E-state index is 0.0198. The zero-order valence-electron chi connectivity index (χ0n) is 10.0. The van der Waals surface area contributed by atoms with Crippen molar-refractivity contribution in [3.8, 4) is 0 Å². The molecule has 0 aromatic carbocycles. The van der Waals surface area contributed by atoms with Crippen molar-refractivity contribution < 1.29 is 18.7 Å². The Bertz CT molecular complexity index is 252. The van der Waals surface area contributed by atoms with Gasteiger partial charge in [-0.05, 0) is 18.9 Å². The normalized spacial score (nSPS) is 25.0. The number of alkyl halides is 2. The van der Waals surface area contributed by atoms with E-state index < -0.39 is 13.0 Å². The van der Waals surface area contributed by atoms with Gasteiger partial charge in [-0.2, -0.15) is 0 Å².